The number of fused-ring (bicyclic) bond motifs is 10. The number of benzene rings is 2. The number of aromatic nitrogens is 41. The Hall–Kier alpha value is -19.9. The first-order valence-electron chi connectivity index (χ1n) is 41.1. The predicted molar refractivity (Wildman–Crippen MR) is 508 cm³/mol. The van der Waals surface area contributed by atoms with E-state index in [1.807, 2.05) is 48.4 Å². The van der Waals surface area contributed by atoms with Crippen LogP contribution in [0.2, 0.25) is 0 Å². The van der Waals surface area contributed by atoms with Gasteiger partial charge >= 0.3 is 17.1 Å². The fourth-order valence-electron chi connectivity index (χ4n) is 13.4. The summed E-state index contributed by atoms with van der Waals surface area (Å²) in [6, 6.07) is 20.3. The van der Waals surface area contributed by atoms with Crippen molar-refractivity contribution >= 4 is 183 Å². The molecule has 22 heterocycles. The third-order valence-corrected chi connectivity index (χ3v) is 20.3. The number of H-pyrrole nitrogens is 14. The van der Waals surface area contributed by atoms with Crippen molar-refractivity contribution in [1.82, 2.24) is 204 Å². The summed E-state index contributed by atoms with van der Waals surface area (Å²) in [5.41, 5.74) is 56.7. The minimum atomic E-state index is -1.38. The second-order valence-corrected chi connectivity index (χ2v) is 29.7. The largest absolute Gasteiger partial charge is 0.394 e. The van der Waals surface area contributed by atoms with E-state index < -0.39 is 90.5 Å². The van der Waals surface area contributed by atoms with E-state index >= 15 is 0 Å². The number of nitrogens with zero attached hydrogens (tertiary/aromatic N) is 30. The quantitative estimate of drug-likeness (QED) is 0.0269. The summed E-state index contributed by atoms with van der Waals surface area (Å²) in [5.74, 6) is 2.89. The van der Waals surface area contributed by atoms with Crippen LogP contribution >= 0.6 is 12.2 Å². The molecule has 0 aliphatic carbocycles. The van der Waals surface area contributed by atoms with Gasteiger partial charge in [0.2, 0.25) is 29.7 Å². The molecule has 0 saturated carbocycles. The Bertz CT molecular complexity index is 8570. The number of aliphatic hydroxyl groups excluding tert-OH is 6. The van der Waals surface area contributed by atoms with Gasteiger partial charge in [-0.05, 0) is 28.7 Å². The van der Waals surface area contributed by atoms with E-state index in [1.165, 1.54) is 41.0 Å². The van der Waals surface area contributed by atoms with Crippen molar-refractivity contribution in [3.63, 3.8) is 0 Å². The van der Waals surface area contributed by atoms with Crippen molar-refractivity contribution in [2.75, 3.05) is 64.0 Å². The molecule has 68 heteroatoms. The Morgan fingerprint density at radius 3 is 1.69 bits per heavy atom. The monoisotopic (exact) mass is 1980 g/mol. The fourth-order valence-corrected chi connectivity index (χ4v) is 13.6. The highest BCUT2D eigenvalue weighted by atomic mass is 32.1. The zero-order valence-electron chi connectivity index (χ0n) is 73.5. The SMILES string of the molecule is Cc1nc(N)c2[nH]cnc2n1.Cn1cnc(=N)c2[nH]cnc21.Nc1[nH]c(=O)nc2[nH]c(=O)[nH]c12.Nc1nc(=S)c2[nH]cnc2[nH]1.Nc1nc2c(nc(N)n2[C@@H]2O[C@H](CO)[C@@H](O)[C@H]2O)c(=O)[nH]1.Nc1ncc2[nH]cnc2n1.O=c1[nH]c(=O)c2n[nH]nc2[nH]1.[N-]=[N+]=Nc1nc2c(N)ncnc2n1[C@@H]1O[C@H](CO)[C@@H](O)[C@H]1O.c1ccc(CNc2ncnc3nc[nH]c23)cc1.c1ccc(CNc2ncnc3nc[nH]c23)cc1. The lowest BCUT2D eigenvalue weighted by atomic mass is 10.1. The molecule has 0 spiro atoms. The van der Waals surface area contributed by atoms with Crippen LogP contribution in [0.15, 0.2) is 159 Å². The molecule has 2 aromatic carbocycles. The number of imidazole rings is 9. The lowest BCUT2D eigenvalue weighted by molar-refractivity contribution is -0.0502. The van der Waals surface area contributed by atoms with E-state index in [2.05, 4.69) is 230 Å². The Morgan fingerprint density at radius 2 is 1.06 bits per heavy atom. The van der Waals surface area contributed by atoms with Crippen LogP contribution in [0.1, 0.15) is 29.4 Å². The summed E-state index contributed by atoms with van der Waals surface area (Å²) in [7, 11) is 1.84. The van der Waals surface area contributed by atoms with E-state index in [-0.39, 0.29) is 86.0 Å². The molecule has 2 saturated heterocycles. The first-order chi connectivity index (χ1) is 69.0. The maximum atomic E-state index is 11.7. The first-order valence-corrected chi connectivity index (χ1v) is 41.5. The van der Waals surface area contributed by atoms with Gasteiger partial charge in [0.15, 0.2) is 119 Å². The number of nitrogens with two attached hydrogens (primary N) is 7. The van der Waals surface area contributed by atoms with E-state index in [0.717, 1.165) is 51.5 Å². The predicted octanol–water partition coefficient (Wildman–Crippen LogP) is -2.80. The van der Waals surface area contributed by atoms with Gasteiger partial charge in [0.1, 0.15) is 106 Å². The fraction of sp³-hybridized carbons (Fsp3) is 0.187. The molecule has 734 valence electrons. The molecule has 37 N–H and O–H groups in total. The van der Waals surface area contributed by atoms with E-state index in [9.17, 15) is 44.4 Å². The Labute approximate surface area is 793 Å². The van der Waals surface area contributed by atoms with Gasteiger partial charge in [-0.25, -0.2) is 109 Å². The van der Waals surface area contributed by atoms with Crippen LogP contribution in [0.25, 0.3) is 122 Å². The number of aromatic amines is 14. The zero-order valence-corrected chi connectivity index (χ0v) is 74.3. The zero-order chi connectivity index (χ0) is 101. The number of aliphatic hydroxyl groups is 6. The topological polar surface area (TPSA) is 1050 Å². The molecule has 0 radical (unpaired) electrons. The number of aryl methyl sites for hydroxylation is 2. The van der Waals surface area contributed by atoms with Crippen molar-refractivity contribution in [1.29, 1.82) is 5.41 Å². The minimum Gasteiger partial charge on any atom is -0.394 e. The van der Waals surface area contributed by atoms with Gasteiger partial charge in [0.05, 0.1) is 63.7 Å². The van der Waals surface area contributed by atoms with Gasteiger partial charge in [-0.1, -0.05) is 72.9 Å². The summed E-state index contributed by atoms with van der Waals surface area (Å²) in [6.45, 7) is 2.26. The van der Waals surface area contributed by atoms with E-state index in [0.29, 0.717) is 66.6 Å². The maximum Gasteiger partial charge on any atom is 0.348 e. The molecule has 2 aliphatic heterocycles. The maximum absolute atomic E-state index is 11.7. The standard InChI is InChI=1S/2C12H11N5.C10H12N8O4.C10H14N6O5.2C6H7N5.C5H5N5O2.C5H5N5S.C5H5N5.C4H3N5O2/c2*1-2-4-9(5-3-1)6-13-11-10-12(15-7-14-10)17-8-16-11;11-7-4-8(14-2-13-7)18(10(15-4)16-17-12)9-6(21)5(20)3(1-19)22-9;11-9-14-6-3(7(20)15-9)13-10(12)16(6)8-5(19)4(18)2(1-17)21-8;1-11-3-10-5(7)4-6(11)9-2-8-4;1-3-10-5(7)4-6(11-3)9-2-8-4;6-2-1-3(9-4(11)7-1)10-5(12)8-2;6-5-9-3-2(4(11)10-5)7-1-8-3;6-5-7-1-3-4(10-5)9-2-8-3;10-3-1-2(8-9-7-1)5-4(11)6-3/h2*1-5,7-8H,6H2,(H2,13,14,15,16,17);2-3,5-6,9,19-21H,1H2,(H2,11,13,14);2,4-5,8,17-19H,1H2,(H2,12,13)(H3,11,14,15,20);2-3,7H,1H3,(H,8,9);2H,1H3,(H3,7,8,9,10,11);(H5,6,7,8,9,10,11,12);1H,(H4,6,7,8,9,10,11);1-2H,(H3,6,7,8,9,10);(H3,5,6,7,8,9,10,11)/t;;3-,5-,6-,9-;2-,4-,5-,8-;;;;;;/m..11....../s1. The highest BCUT2D eigenvalue weighted by Crippen LogP contribution is 2.37. The third kappa shape index (κ3) is 22.6. The van der Waals surface area contributed by atoms with Crippen LogP contribution in [0.3, 0.4) is 0 Å². The molecule has 24 rings (SSSR count). The minimum absolute atomic E-state index is 0.0172. The van der Waals surface area contributed by atoms with Gasteiger partial charge < -0.3 is 135 Å². The third-order valence-electron chi connectivity index (χ3n) is 20.0. The van der Waals surface area contributed by atoms with Crippen LogP contribution in [-0.4, -0.2) is 284 Å². The molecule has 20 aromatic heterocycles. The van der Waals surface area contributed by atoms with Gasteiger partial charge in [0.25, 0.3) is 11.1 Å². The molecular weight excluding hydrogens is 1900 g/mol. The average molecular weight is 1980 g/mol. The molecule has 2 aliphatic rings. The van der Waals surface area contributed by atoms with Crippen LogP contribution in [0.5, 0.6) is 0 Å². The van der Waals surface area contributed by atoms with Crippen LogP contribution in [0.4, 0.5) is 58.8 Å². The van der Waals surface area contributed by atoms with E-state index in [1.54, 1.807) is 55.7 Å². The van der Waals surface area contributed by atoms with Crippen molar-refractivity contribution in [3.8, 4) is 0 Å². The van der Waals surface area contributed by atoms with Crippen LogP contribution in [0, 0.1) is 17.0 Å². The van der Waals surface area contributed by atoms with Crippen LogP contribution in [-0.2, 0) is 29.6 Å². The lowest BCUT2D eigenvalue weighted by Crippen LogP contribution is -2.33. The number of azide groups is 1. The molecule has 8 atom stereocenters. The average Bonchev–Trinajstić information content (AvgIpc) is 1.60. The van der Waals surface area contributed by atoms with E-state index in [4.69, 9.17) is 83.0 Å². The molecule has 0 bridgehead atoms. The number of hydrogen-bond donors (Lipinski definition) is 30. The van der Waals surface area contributed by atoms with Crippen molar-refractivity contribution in [2.45, 2.75) is 69.1 Å². The highest BCUT2D eigenvalue weighted by Gasteiger charge is 2.46. The number of nitrogen functional groups attached to an aromatic ring is 7. The first kappa shape index (κ1) is 97.6. The summed E-state index contributed by atoms with van der Waals surface area (Å²) in [6.07, 6.45) is 7.18. The Balaban J connectivity index is 0.000000121. The number of nitrogens with one attached hydrogen (secondary N) is 17. The van der Waals surface area contributed by atoms with Crippen molar-refractivity contribution in [2.24, 2.45) is 12.2 Å². The molecule has 2 fully saturated rings. The number of ether oxygens (including phenoxy) is 2. The second-order valence-electron chi connectivity index (χ2n) is 29.3. The molecule has 67 nitrogen and oxygen atoms in total. The Morgan fingerprint density at radius 1 is 0.490 bits per heavy atom. The molecule has 22 aromatic rings. The van der Waals surface area contributed by atoms with Gasteiger partial charge in [0, 0.05) is 25.0 Å². The summed E-state index contributed by atoms with van der Waals surface area (Å²) in [5, 5.41) is 84.6. The van der Waals surface area contributed by atoms with Gasteiger partial charge in [-0.15, -0.1) is 10.2 Å². The highest BCUT2D eigenvalue weighted by molar-refractivity contribution is 7.71. The Kier molecular flexibility index (Phi) is 29.9. The summed E-state index contributed by atoms with van der Waals surface area (Å²) in [4.78, 5) is 178. The second kappa shape index (κ2) is 43.8. The summed E-state index contributed by atoms with van der Waals surface area (Å²) < 4.78 is 15.3. The van der Waals surface area contributed by atoms with Crippen LogP contribution < -0.4 is 84.4 Å². The molecule has 0 unspecified atom stereocenters. The molecule has 143 heavy (non-hydrogen) atoms. The summed E-state index contributed by atoms with van der Waals surface area (Å²) >= 11 is 4.91. The number of rotatable bonds is 11. The molecule has 0 amide bonds. The van der Waals surface area contributed by atoms with Crippen molar-refractivity contribution < 1.29 is 40.1 Å². The normalized spacial score (nSPS) is 16.0. The number of hydrogen-bond acceptors (Lipinski definition) is 49. The van der Waals surface area contributed by atoms with Crippen molar-refractivity contribution in [3.05, 3.63) is 220 Å². The molecular formula is C75H80N54O13S. The lowest BCUT2D eigenvalue weighted by Gasteiger charge is -2.17. The van der Waals surface area contributed by atoms with Gasteiger partial charge in [-0.3, -0.25) is 49.1 Å². The number of anilines is 9. The smallest absolute Gasteiger partial charge is 0.348 e. The van der Waals surface area contributed by atoms with Gasteiger partial charge in [-0.2, -0.15) is 20.2 Å².